The van der Waals surface area contributed by atoms with Crippen LogP contribution in [0.1, 0.15) is 32.8 Å². The van der Waals surface area contributed by atoms with E-state index in [1.807, 2.05) is 10.9 Å². The maximum Gasteiger partial charge on any atom is 0.0534 e. The molecule has 0 aromatic carbocycles. The zero-order chi connectivity index (χ0) is 12.3. The molecule has 1 fully saturated rings. The van der Waals surface area contributed by atoms with E-state index in [9.17, 15) is 0 Å². The number of ether oxygens (including phenoxy) is 1. The predicted octanol–water partition coefficient (Wildman–Crippen LogP) is 1.81. The summed E-state index contributed by atoms with van der Waals surface area (Å²) in [4.78, 5) is 0. The van der Waals surface area contributed by atoms with Crippen LogP contribution in [-0.4, -0.2) is 28.5 Å². The molecule has 0 amide bonds. The van der Waals surface area contributed by atoms with Crippen molar-refractivity contribution in [3.05, 3.63) is 18.0 Å². The highest BCUT2D eigenvalue weighted by molar-refractivity contribution is 5.04. The van der Waals surface area contributed by atoms with E-state index in [1.54, 1.807) is 0 Å². The molecule has 0 saturated carbocycles. The van der Waals surface area contributed by atoms with Gasteiger partial charge >= 0.3 is 0 Å². The normalized spacial score (nSPS) is 21.0. The Morgan fingerprint density at radius 3 is 3.00 bits per heavy atom. The van der Waals surface area contributed by atoms with Crippen LogP contribution in [-0.2, 0) is 17.8 Å². The van der Waals surface area contributed by atoms with Crippen LogP contribution >= 0.6 is 0 Å². The fourth-order valence-electron chi connectivity index (χ4n) is 1.96. The van der Waals surface area contributed by atoms with Gasteiger partial charge in [0.05, 0.1) is 12.8 Å². The van der Waals surface area contributed by atoms with E-state index in [-0.39, 0.29) is 5.54 Å². The SMILES string of the molecule is CC(C)(C)NCc1cnn(CC2CCOC2)c1. The molecule has 1 unspecified atom stereocenters. The Morgan fingerprint density at radius 2 is 2.35 bits per heavy atom. The molecule has 17 heavy (non-hydrogen) atoms. The molecule has 0 aliphatic carbocycles. The summed E-state index contributed by atoms with van der Waals surface area (Å²) < 4.78 is 7.42. The smallest absolute Gasteiger partial charge is 0.0534 e. The Balaban J connectivity index is 1.83. The molecule has 4 nitrogen and oxygen atoms in total. The van der Waals surface area contributed by atoms with Crippen molar-refractivity contribution in [1.82, 2.24) is 15.1 Å². The lowest BCUT2D eigenvalue weighted by atomic mass is 10.1. The van der Waals surface area contributed by atoms with Gasteiger partial charge in [0.25, 0.3) is 0 Å². The second-order valence-corrected chi connectivity index (χ2v) is 5.90. The van der Waals surface area contributed by atoms with Crippen molar-refractivity contribution in [3.63, 3.8) is 0 Å². The Hall–Kier alpha value is -0.870. The second-order valence-electron chi connectivity index (χ2n) is 5.90. The lowest BCUT2D eigenvalue weighted by molar-refractivity contribution is 0.181. The highest BCUT2D eigenvalue weighted by Gasteiger charge is 2.16. The van der Waals surface area contributed by atoms with E-state index < -0.39 is 0 Å². The zero-order valence-electron chi connectivity index (χ0n) is 11.1. The average molecular weight is 237 g/mol. The standard InChI is InChI=1S/C13H23N3O/c1-13(2,3)14-6-12-7-15-16(9-12)8-11-4-5-17-10-11/h7,9,11,14H,4-6,8,10H2,1-3H3. The van der Waals surface area contributed by atoms with E-state index in [0.29, 0.717) is 5.92 Å². The summed E-state index contributed by atoms with van der Waals surface area (Å²) in [6.07, 6.45) is 5.25. The molecule has 1 aromatic rings. The van der Waals surface area contributed by atoms with Gasteiger partial charge in [-0.3, -0.25) is 4.68 Å². The number of rotatable bonds is 4. The maximum atomic E-state index is 5.37. The molecule has 1 aliphatic heterocycles. The minimum Gasteiger partial charge on any atom is -0.381 e. The Morgan fingerprint density at radius 1 is 1.53 bits per heavy atom. The Bertz CT molecular complexity index is 348. The fraction of sp³-hybridized carbons (Fsp3) is 0.769. The first-order valence-corrected chi connectivity index (χ1v) is 6.37. The molecule has 0 radical (unpaired) electrons. The summed E-state index contributed by atoms with van der Waals surface area (Å²) in [5.41, 5.74) is 1.40. The monoisotopic (exact) mass is 237 g/mol. The van der Waals surface area contributed by atoms with E-state index in [2.05, 4.69) is 37.4 Å². The fourth-order valence-corrected chi connectivity index (χ4v) is 1.96. The van der Waals surface area contributed by atoms with Crippen LogP contribution in [0.5, 0.6) is 0 Å². The van der Waals surface area contributed by atoms with Crippen LogP contribution < -0.4 is 5.32 Å². The van der Waals surface area contributed by atoms with Crippen LogP contribution in [0.3, 0.4) is 0 Å². The summed E-state index contributed by atoms with van der Waals surface area (Å²) in [6, 6.07) is 0. The van der Waals surface area contributed by atoms with Crippen molar-refractivity contribution in [2.24, 2.45) is 5.92 Å². The molecule has 96 valence electrons. The number of aromatic nitrogens is 2. The number of nitrogens with one attached hydrogen (secondary N) is 1. The molecule has 1 N–H and O–H groups in total. The first-order chi connectivity index (χ1) is 8.03. The van der Waals surface area contributed by atoms with E-state index in [1.165, 1.54) is 5.56 Å². The van der Waals surface area contributed by atoms with Crippen LogP contribution in [0.2, 0.25) is 0 Å². The zero-order valence-corrected chi connectivity index (χ0v) is 11.1. The number of hydrogen-bond donors (Lipinski definition) is 1. The molecule has 1 saturated heterocycles. The summed E-state index contributed by atoms with van der Waals surface area (Å²) in [6.45, 7) is 10.2. The predicted molar refractivity (Wildman–Crippen MR) is 67.7 cm³/mol. The summed E-state index contributed by atoms with van der Waals surface area (Å²) >= 11 is 0. The van der Waals surface area contributed by atoms with Crippen LogP contribution in [0.25, 0.3) is 0 Å². The lowest BCUT2D eigenvalue weighted by Crippen LogP contribution is -2.34. The molecule has 2 rings (SSSR count). The van der Waals surface area contributed by atoms with E-state index in [0.717, 1.165) is 32.7 Å². The lowest BCUT2D eigenvalue weighted by Gasteiger charge is -2.19. The van der Waals surface area contributed by atoms with Gasteiger partial charge < -0.3 is 10.1 Å². The summed E-state index contributed by atoms with van der Waals surface area (Å²) in [5.74, 6) is 0.637. The van der Waals surface area contributed by atoms with Gasteiger partial charge in [-0.2, -0.15) is 5.10 Å². The molecule has 4 heteroatoms. The highest BCUT2D eigenvalue weighted by Crippen LogP contribution is 2.14. The quantitative estimate of drug-likeness (QED) is 0.868. The summed E-state index contributed by atoms with van der Waals surface area (Å²) in [7, 11) is 0. The van der Waals surface area contributed by atoms with Crippen molar-refractivity contribution in [2.75, 3.05) is 13.2 Å². The van der Waals surface area contributed by atoms with Crippen molar-refractivity contribution in [3.8, 4) is 0 Å². The minimum absolute atomic E-state index is 0.154. The topological polar surface area (TPSA) is 39.1 Å². The van der Waals surface area contributed by atoms with Gasteiger partial charge in [0.15, 0.2) is 0 Å². The van der Waals surface area contributed by atoms with Gasteiger partial charge in [0.1, 0.15) is 0 Å². The average Bonchev–Trinajstić information content (AvgIpc) is 2.86. The van der Waals surface area contributed by atoms with Crippen LogP contribution in [0, 0.1) is 5.92 Å². The van der Waals surface area contributed by atoms with Gasteiger partial charge in [-0.1, -0.05) is 0 Å². The molecular formula is C13H23N3O. The van der Waals surface area contributed by atoms with Gasteiger partial charge in [-0.05, 0) is 27.2 Å². The highest BCUT2D eigenvalue weighted by atomic mass is 16.5. The van der Waals surface area contributed by atoms with Crippen LogP contribution in [0.15, 0.2) is 12.4 Å². The maximum absolute atomic E-state index is 5.37. The molecule has 0 spiro atoms. The minimum atomic E-state index is 0.154. The first kappa shape index (κ1) is 12.6. The van der Waals surface area contributed by atoms with Crippen molar-refractivity contribution in [1.29, 1.82) is 0 Å². The third-order valence-electron chi connectivity index (χ3n) is 2.98. The number of nitrogens with zero attached hydrogens (tertiary/aromatic N) is 2. The third kappa shape index (κ3) is 4.13. The largest absolute Gasteiger partial charge is 0.381 e. The molecule has 1 aliphatic rings. The second kappa shape index (κ2) is 5.19. The van der Waals surface area contributed by atoms with Crippen molar-refractivity contribution in [2.45, 2.75) is 45.8 Å². The number of hydrogen-bond acceptors (Lipinski definition) is 3. The summed E-state index contributed by atoms with van der Waals surface area (Å²) in [5, 5.41) is 7.87. The molecular weight excluding hydrogens is 214 g/mol. The van der Waals surface area contributed by atoms with Crippen molar-refractivity contribution >= 4 is 0 Å². The molecule has 0 bridgehead atoms. The van der Waals surface area contributed by atoms with Gasteiger partial charge in [0, 0.05) is 42.9 Å². The van der Waals surface area contributed by atoms with Crippen LogP contribution in [0.4, 0.5) is 0 Å². The molecule has 1 atom stereocenters. The molecule has 2 heterocycles. The Kier molecular flexibility index (Phi) is 3.84. The first-order valence-electron chi connectivity index (χ1n) is 6.37. The van der Waals surface area contributed by atoms with Gasteiger partial charge in [-0.15, -0.1) is 0 Å². The van der Waals surface area contributed by atoms with E-state index >= 15 is 0 Å². The van der Waals surface area contributed by atoms with Gasteiger partial charge in [-0.25, -0.2) is 0 Å². The third-order valence-corrected chi connectivity index (χ3v) is 2.98. The molecule has 1 aromatic heterocycles. The Labute approximate surface area is 103 Å². The van der Waals surface area contributed by atoms with Gasteiger partial charge in [0.2, 0.25) is 0 Å². The van der Waals surface area contributed by atoms with Crippen molar-refractivity contribution < 1.29 is 4.74 Å². The van der Waals surface area contributed by atoms with E-state index in [4.69, 9.17) is 4.74 Å².